The highest BCUT2D eigenvalue weighted by molar-refractivity contribution is 7.92. The summed E-state index contributed by atoms with van der Waals surface area (Å²) in [5.41, 5.74) is 3.50. The van der Waals surface area contributed by atoms with Crippen LogP contribution in [0, 0.1) is 0 Å². The van der Waals surface area contributed by atoms with Crippen molar-refractivity contribution in [1.82, 2.24) is 9.78 Å². The number of para-hydroxylation sites is 1. The first-order chi connectivity index (χ1) is 23.9. The number of sulfonamides is 1. The van der Waals surface area contributed by atoms with E-state index in [4.69, 9.17) is 23.2 Å². The van der Waals surface area contributed by atoms with E-state index in [-0.39, 0.29) is 43.6 Å². The lowest BCUT2D eigenvalue weighted by molar-refractivity contribution is 0.434. The lowest BCUT2D eigenvalue weighted by atomic mass is 9.91. The fourth-order valence-electron chi connectivity index (χ4n) is 4.97. The van der Waals surface area contributed by atoms with Gasteiger partial charge in [-0.15, -0.1) is 10.2 Å². The van der Waals surface area contributed by atoms with Gasteiger partial charge in [0.1, 0.15) is 11.4 Å². The summed E-state index contributed by atoms with van der Waals surface area (Å²) in [5, 5.41) is 34.0. The molecule has 252 valence electrons. The monoisotopic (exact) mass is 723 g/mol. The van der Waals surface area contributed by atoms with E-state index in [2.05, 4.69) is 30.3 Å². The van der Waals surface area contributed by atoms with Crippen LogP contribution >= 0.6 is 23.2 Å². The molecule has 0 aliphatic carbocycles. The normalized spacial score (nSPS) is 12.2. The molecule has 10 nitrogen and oxygen atoms in total. The minimum Gasteiger partial charge on any atom is -0.492 e. The zero-order chi connectivity index (χ0) is 35.5. The molecule has 1 aromatic heterocycles. The van der Waals surface area contributed by atoms with E-state index in [0.717, 1.165) is 11.1 Å². The van der Waals surface area contributed by atoms with Crippen LogP contribution in [0.5, 0.6) is 5.88 Å². The minimum absolute atomic E-state index is 0.0546. The lowest BCUT2D eigenvalue weighted by Crippen LogP contribution is -2.13. The van der Waals surface area contributed by atoms with Crippen molar-refractivity contribution < 1.29 is 13.5 Å². The number of azo groups is 2. The van der Waals surface area contributed by atoms with Crippen LogP contribution < -0.4 is 4.72 Å². The molecule has 1 heterocycles. The SMILES string of the molecule is CC(C)(C)c1nn(-c2c(Cl)cccc2Cl)c(O)c1/N=N/c1ccc(/N=N/c2ccc(-c3ccccc3)cc2)cc1NS(=O)(=O)c1ccccc1. The largest absolute Gasteiger partial charge is 0.492 e. The quantitative estimate of drug-likeness (QED) is 0.144. The summed E-state index contributed by atoms with van der Waals surface area (Å²) >= 11 is 12.9. The van der Waals surface area contributed by atoms with Gasteiger partial charge in [-0.1, -0.05) is 111 Å². The van der Waals surface area contributed by atoms with Gasteiger partial charge in [0.15, 0.2) is 5.69 Å². The molecular formula is C37H31Cl2N7O3S. The molecule has 0 fully saturated rings. The van der Waals surface area contributed by atoms with Crippen molar-refractivity contribution in [2.45, 2.75) is 31.1 Å². The maximum atomic E-state index is 13.4. The fourth-order valence-corrected chi connectivity index (χ4v) is 6.62. The number of nitrogens with zero attached hydrogens (tertiary/aromatic N) is 6. The van der Waals surface area contributed by atoms with Gasteiger partial charge in [-0.05, 0) is 65.7 Å². The van der Waals surface area contributed by atoms with E-state index in [0.29, 0.717) is 17.1 Å². The maximum absolute atomic E-state index is 13.4. The Morgan fingerprint density at radius 1 is 0.700 bits per heavy atom. The smallest absolute Gasteiger partial charge is 0.261 e. The summed E-state index contributed by atoms with van der Waals surface area (Å²) in [6.07, 6.45) is 0. The van der Waals surface area contributed by atoms with E-state index >= 15 is 0 Å². The third-order valence-corrected chi connectivity index (χ3v) is 9.48. The van der Waals surface area contributed by atoms with Crippen LogP contribution in [0.3, 0.4) is 0 Å². The third kappa shape index (κ3) is 7.60. The number of hydrogen-bond donors (Lipinski definition) is 2. The van der Waals surface area contributed by atoms with Crippen LogP contribution in [0.25, 0.3) is 16.8 Å². The van der Waals surface area contributed by atoms with Gasteiger partial charge in [0.05, 0.1) is 37.7 Å². The number of nitrogens with one attached hydrogen (secondary N) is 1. The van der Waals surface area contributed by atoms with Crippen molar-refractivity contribution >= 4 is 61.7 Å². The van der Waals surface area contributed by atoms with Gasteiger partial charge >= 0.3 is 0 Å². The van der Waals surface area contributed by atoms with Gasteiger partial charge in [-0.25, -0.2) is 8.42 Å². The van der Waals surface area contributed by atoms with Crippen LogP contribution in [-0.4, -0.2) is 23.3 Å². The molecule has 0 aliphatic rings. The molecule has 0 spiro atoms. The van der Waals surface area contributed by atoms with Crippen LogP contribution in [0.1, 0.15) is 26.5 Å². The number of aromatic hydroxyl groups is 1. The summed E-state index contributed by atoms with van der Waals surface area (Å²) < 4.78 is 30.7. The van der Waals surface area contributed by atoms with Gasteiger partial charge in [-0.2, -0.15) is 20.0 Å². The second-order valence-corrected chi connectivity index (χ2v) is 14.7. The summed E-state index contributed by atoms with van der Waals surface area (Å²) in [6, 6.07) is 35.2. The Morgan fingerprint density at radius 2 is 1.28 bits per heavy atom. The summed E-state index contributed by atoms with van der Waals surface area (Å²) in [5.74, 6) is -0.344. The molecule has 0 atom stereocenters. The van der Waals surface area contributed by atoms with Crippen molar-refractivity contribution in [3.63, 3.8) is 0 Å². The number of aromatic nitrogens is 2. The molecule has 2 N–H and O–H groups in total. The molecule has 0 saturated heterocycles. The molecule has 13 heteroatoms. The number of hydrogen-bond acceptors (Lipinski definition) is 8. The molecule has 0 radical (unpaired) electrons. The minimum atomic E-state index is -4.03. The molecule has 5 aromatic carbocycles. The second-order valence-electron chi connectivity index (χ2n) is 12.2. The predicted octanol–water partition coefficient (Wildman–Crippen LogP) is 11.5. The molecule has 0 unspecified atom stereocenters. The predicted molar refractivity (Wildman–Crippen MR) is 198 cm³/mol. The van der Waals surface area contributed by atoms with Gasteiger partial charge in [0.25, 0.3) is 10.0 Å². The standard InChI is InChI=1S/C37H31Cl2N7O3S/c1-37(2,3)35-33(36(47)46(44-35)34-29(38)15-10-16-30(34)39)43-42-31-22-21-27(23-32(31)45-50(48,49)28-13-8-5-9-14-28)41-40-26-19-17-25(18-20-26)24-11-6-4-7-12-24/h4-23,45,47H,1-3H3/b41-40+,43-42+. The third-order valence-electron chi connectivity index (χ3n) is 7.49. The number of rotatable bonds is 9. The highest BCUT2D eigenvalue weighted by atomic mass is 35.5. The van der Waals surface area contributed by atoms with E-state index in [1.54, 1.807) is 48.5 Å². The zero-order valence-corrected chi connectivity index (χ0v) is 29.5. The molecule has 50 heavy (non-hydrogen) atoms. The molecule has 0 aliphatic heterocycles. The van der Waals surface area contributed by atoms with Crippen LogP contribution in [-0.2, 0) is 15.4 Å². The first-order valence-electron chi connectivity index (χ1n) is 15.4. The summed E-state index contributed by atoms with van der Waals surface area (Å²) in [6.45, 7) is 5.71. The summed E-state index contributed by atoms with van der Waals surface area (Å²) in [7, 11) is -4.03. The van der Waals surface area contributed by atoms with Gasteiger partial charge < -0.3 is 5.11 Å². The number of anilines is 1. The first kappa shape index (κ1) is 34.5. The average Bonchev–Trinajstić information content (AvgIpc) is 3.43. The number of halogens is 2. The van der Waals surface area contributed by atoms with E-state index in [1.165, 1.54) is 22.9 Å². The Balaban J connectivity index is 1.38. The average molecular weight is 725 g/mol. The Bertz CT molecular complexity index is 2300. The molecule has 6 aromatic rings. The lowest BCUT2D eigenvalue weighted by Gasteiger charge is -2.15. The van der Waals surface area contributed by atoms with Crippen LogP contribution in [0.15, 0.2) is 147 Å². The molecule has 0 saturated carbocycles. The van der Waals surface area contributed by atoms with E-state index < -0.39 is 15.4 Å². The zero-order valence-electron chi connectivity index (χ0n) is 27.2. The Morgan fingerprint density at radius 3 is 1.92 bits per heavy atom. The number of benzene rings is 5. The topological polar surface area (TPSA) is 134 Å². The molecular weight excluding hydrogens is 693 g/mol. The van der Waals surface area contributed by atoms with E-state index in [9.17, 15) is 13.5 Å². The second kappa shape index (κ2) is 14.2. The van der Waals surface area contributed by atoms with Crippen molar-refractivity contribution in [1.29, 1.82) is 0 Å². The highest BCUT2D eigenvalue weighted by Crippen LogP contribution is 2.43. The van der Waals surface area contributed by atoms with Crippen molar-refractivity contribution in [2.75, 3.05) is 4.72 Å². The van der Waals surface area contributed by atoms with Crippen molar-refractivity contribution in [2.24, 2.45) is 20.5 Å². The Labute approximate surface area is 299 Å². The maximum Gasteiger partial charge on any atom is 0.261 e. The molecule has 6 rings (SSSR count). The van der Waals surface area contributed by atoms with E-state index in [1.807, 2.05) is 75.4 Å². The first-order valence-corrected chi connectivity index (χ1v) is 17.6. The van der Waals surface area contributed by atoms with Gasteiger partial charge in [-0.3, -0.25) is 4.72 Å². The fraction of sp³-hybridized carbons (Fsp3) is 0.108. The van der Waals surface area contributed by atoms with Crippen molar-refractivity contribution in [3.8, 4) is 22.7 Å². The highest BCUT2D eigenvalue weighted by Gasteiger charge is 2.29. The van der Waals surface area contributed by atoms with Crippen LogP contribution in [0.4, 0.5) is 28.4 Å². The summed E-state index contributed by atoms with van der Waals surface area (Å²) in [4.78, 5) is 0.0546. The van der Waals surface area contributed by atoms with Gasteiger partial charge in [0.2, 0.25) is 5.88 Å². The Hall–Kier alpha value is -5.36. The molecule has 0 amide bonds. The Kier molecular flexibility index (Phi) is 9.83. The van der Waals surface area contributed by atoms with Gasteiger partial charge in [0, 0.05) is 5.41 Å². The van der Waals surface area contributed by atoms with Crippen LogP contribution in [0.2, 0.25) is 10.0 Å². The molecule has 0 bridgehead atoms. The van der Waals surface area contributed by atoms with Crippen molar-refractivity contribution in [3.05, 3.63) is 137 Å².